The van der Waals surface area contributed by atoms with Crippen LogP contribution in [0.1, 0.15) is 18.2 Å². The van der Waals surface area contributed by atoms with Crippen LogP contribution < -0.4 is 21.0 Å². The molecule has 3 rings (SSSR count). The van der Waals surface area contributed by atoms with Crippen molar-refractivity contribution in [2.45, 2.75) is 13.8 Å². The van der Waals surface area contributed by atoms with Crippen LogP contribution in [0.5, 0.6) is 5.75 Å². The van der Waals surface area contributed by atoms with Crippen LogP contribution in [0.3, 0.4) is 0 Å². The second kappa shape index (κ2) is 9.20. The Labute approximate surface area is 174 Å². The number of hydrogen-bond acceptors (Lipinski definition) is 4. The second-order valence-corrected chi connectivity index (χ2v) is 6.64. The summed E-state index contributed by atoms with van der Waals surface area (Å²) in [6.07, 6.45) is 1.62. The van der Waals surface area contributed by atoms with E-state index in [1.165, 1.54) is 0 Å². The van der Waals surface area contributed by atoms with E-state index in [0.29, 0.717) is 12.3 Å². The number of anilines is 1. The molecule has 1 aromatic heterocycles. The third kappa shape index (κ3) is 4.55. The molecule has 0 saturated heterocycles. The topological polar surface area (TPSA) is 72.6 Å². The van der Waals surface area contributed by atoms with Gasteiger partial charge in [-0.2, -0.15) is 5.10 Å². The third-order valence-electron chi connectivity index (χ3n) is 4.38. The molecule has 0 unspecified atom stereocenters. The van der Waals surface area contributed by atoms with Gasteiger partial charge in [-0.3, -0.25) is 14.9 Å². The van der Waals surface area contributed by atoms with E-state index in [0.717, 1.165) is 22.7 Å². The summed E-state index contributed by atoms with van der Waals surface area (Å²) in [4.78, 5) is 12.9. The summed E-state index contributed by atoms with van der Waals surface area (Å²) < 4.78 is 8.93. The third-order valence-corrected chi connectivity index (χ3v) is 4.57. The number of hydrazone groups is 1. The largest absolute Gasteiger partial charge is 0.493 e. The van der Waals surface area contributed by atoms with Gasteiger partial charge in [-0.25, -0.2) is 4.68 Å². The van der Waals surface area contributed by atoms with Crippen molar-refractivity contribution < 1.29 is 4.74 Å². The Morgan fingerprint density at radius 3 is 2.59 bits per heavy atom. The normalized spacial score (nSPS) is 10.9. The van der Waals surface area contributed by atoms with Gasteiger partial charge in [0.2, 0.25) is 0 Å². The predicted molar refractivity (Wildman–Crippen MR) is 120 cm³/mol. The first-order valence-corrected chi connectivity index (χ1v) is 9.59. The Morgan fingerprint density at radius 1 is 1.17 bits per heavy atom. The van der Waals surface area contributed by atoms with E-state index < -0.39 is 0 Å². The number of ether oxygens (including phenoxy) is 1. The zero-order chi connectivity index (χ0) is 20.8. The molecular weight excluding hydrogens is 386 g/mol. The van der Waals surface area contributed by atoms with Crippen molar-refractivity contribution in [1.29, 1.82) is 0 Å². The summed E-state index contributed by atoms with van der Waals surface area (Å²) in [7, 11) is 1.83. The summed E-state index contributed by atoms with van der Waals surface area (Å²) in [5.74, 6) is 0.740. The molecule has 7 nitrogen and oxygen atoms in total. The molecule has 0 saturated carbocycles. The Kier molecular flexibility index (Phi) is 6.46. The number of aromatic nitrogens is 2. The molecule has 0 aliphatic rings. The van der Waals surface area contributed by atoms with Crippen LogP contribution in [0.15, 0.2) is 64.5 Å². The summed E-state index contributed by atoms with van der Waals surface area (Å²) in [6.45, 7) is 4.35. The van der Waals surface area contributed by atoms with Gasteiger partial charge in [0.15, 0.2) is 5.11 Å². The van der Waals surface area contributed by atoms with Crippen LogP contribution in [0, 0.1) is 6.92 Å². The van der Waals surface area contributed by atoms with E-state index in [1.54, 1.807) is 15.6 Å². The van der Waals surface area contributed by atoms with E-state index in [-0.39, 0.29) is 10.7 Å². The van der Waals surface area contributed by atoms with Crippen LogP contribution in [-0.2, 0) is 7.05 Å². The Hall–Kier alpha value is -3.39. The van der Waals surface area contributed by atoms with Crippen molar-refractivity contribution in [2.24, 2.45) is 12.1 Å². The van der Waals surface area contributed by atoms with Gasteiger partial charge < -0.3 is 10.1 Å². The standard InChI is InChI=1S/C21H23N5O2S/c1-4-28-18-13-9-8-10-16(18)14-22-24-21(29)23-19-15(2)25(3)26(20(19)27)17-11-6-5-7-12-17/h5-14H,4H2,1-3H3,(H2,23,24,29)/b22-14-. The number of thiocarbonyl (C=S) groups is 1. The molecule has 0 atom stereocenters. The molecule has 29 heavy (non-hydrogen) atoms. The zero-order valence-corrected chi connectivity index (χ0v) is 17.4. The smallest absolute Gasteiger partial charge is 0.295 e. The van der Waals surface area contributed by atoms with Crippen LogP contribution >= 0.6 is 12.2 Å². The minimum absolute atomic E-state index is 0.189. The zero-order valence-electron chi connectivity index (χ0n) is 16.5. The first-order valence-electron chi connectivity index (χ1n) is 9.18. The van der Waals surface area contributed by atoms with E-state index in [4.69, 9.17) is 17.0 Å². The van der Waals surface area contributed by atoms with Crippen LogP contribution in [0.2, 0.25) is 0 Å². The highest BCUT2D eigenvalue weighted by Crippen LogP contribution is 2.16. The average molecular weight is 410 g/mol. The van der Waals surface area contributed by atoms with Gasteiger partial charge >= 0.3 is 0 Å². The van der Waals surface area contributed by atoms with E-state index >= 15 is 0 Å². The van der Waals surface area contributed by atoms with Crippen molar-refractivity contribution in [3.05, 3.63) is 76.2 Å². The summed E-state index contributed by atoms with van der Waals surface area (Å²) >= 11 is 5.30. The van der Waals surface area contributed by atoms with E-state index in [1.807, 2.05) is 75.5 Å². The molecule has 3 aromatic rings. The first-order chi connectivity index (χ1) is 14.0. The molecule has 0 aliphatic carbocycles. The quantitative estimate of drug-likeness (QED) is 0.372. The lowest BCUT2D eigenvalue weighted by molar-refractivity contribution is 0.340. The Morgan fingerprint density at radius 2 is 1.86 bits per heavy atom. The summed E-state index contributed by atoms with van der Waals surface area (Å²) in [5.41, 5.74) is 5.32. The van der Waals surface area contributed by atoms with Crippen molar-refractivity contribution in [3.8, 4) is 11.4 Å². The number of rotatable bonds is 6. The summed E-state index contributed by atoms with van der Waals surface area (Å²) in [5, 5.41) is 7.33. The molecule has 150 valence electrons. The molecule has 1 heterocycles. The minimum atomic E-state index is -0.189. The summed E-state index contributed by atoms with van der Waals surface area (Å²) in [6, 6.07) is 17.0. The number of nitrogens with zero attached hydrogens (tertiary/aromatic N) is 3. The van der Waals surface area contributed by atoms with Gasteiger partial charge in [-0.15, -0.1) is 0 Å². The highest BCUT2D eigenvalue weighted by atomic mass is 32.1. The van der Waals surface area contributed by atoms with Crippen LogP contribution in [-0.4, -0.2) is 27.3 Å². The fraction of sp³-hybridized carbons (Fsp3) is 0.190. The van der Waals surface area contributed by atoms with Gasteiger partial charge in [-0.1, -0.05) is 30.3 Å². The number of nitrogens with one attached hydrogen (secondary N) is 2. The molecule has 0 aliphatic heterocycles. The van der Waals surface area contributed by atoms with Gasteiger partial charge in [0.1, 0.15) is 11.4 Å². The molecule has 2 N–H and O–H groups in total. The Balaban J connectivity index is 1.74. The second-order valence-electron chi connectivity index (χ2n) is 6.23. The lowest BCUT2D eigenvalue weighted by atomic mass is 10.2. The average Bonchev–Trinajstić information content (AvgIpc) is 2.93. The molecule has 8 heteroatoms. The molecular formula is C21H23N5O2S. The molecule has 0 fully saturated rings. The minimum Gasteiger partial charge on any atom is -0.493 e. The highest BCUT2D eigenvalue weighted by molar-refractivity contribution is 7.80. The van der Waals surface area contributed by atoms with Crippen molar-refractivity contribution in [2.75, 3.05) is 11.9 Å². The molecule has 2 aromatic carbocycles. The lowest BCUT2D eigenvalue weighted by Crippen LogP contribution is -2.28. The van der Waals surface area contributed by atoms with Gasteiger partial charge in [-0.05, 0) is 50.3 Å². The van der Waals surface area contributed by atoms with Crippen molar-refractivity contribution >= 4 is 29.2 Å². The van der Waals surface area contributed by atoms with Gasteiger partial charge in [0.05, 0.1) is 24.2 Å². The number of benzene rings is 2. The van der Waals surface area contributed by atoms with Gasteiger partial charge in [0, 0.05) is 12.6 Å². The van der Waals surface area contributed by atoms with Crippen LogP contribution in [0.25, 0.3) is 5.69 Å². The SMILES string of the molecule is CCOc1ccccc1/C=N\NC(=S)Nc1c(C)n(C)n(-c2ccccc2)c1=O. The van der Waals surface area contributed by atoms with E-state index in [9.17, 15) is 4.79 Å². The maximum absolute atomic E-state index is 12.9. The lowest BCUT2D eigenvalue weighted by Gasteiger charge is -2.07. The molecule has 0 radical (unpaired) electrons. The fourth-order valence-electron chi connectivity index (χ4n) is 2.89. The van der Waals surface area contributed by atoms with E-state index in [2.05, 4.69) is 15.8 Å². The molecule has 0 bridgehead atoms. The maximum Gasteiger partial charge on any atom is 0.295 e. The number of para-hydroxylation sites is 2. The molecule has 0 amide bonds. The van der Waals surface area contributed by atoms with Crippen molar-refractivity contribution in [3.63, 3.8) is 0 Å². The molecule has 0 spiro atoms. The maximum atomic E-state index is 12.9. The van der Waals surface area contributed by atoms with Gasteiger partial charge in [0.25, 0.3) is 5.56 Å². The fourth-order valence-corrected chi connectivity index (χ4v) is 3.04. The Bertz CT molecular complexity index is 1090. The predicted octanol–water partition coefficient (Wildman–Crippen LogP) is 3.20. The van der Waals surface area contributed by atoms with Crippen molar-refractivity contribution in [1.82, 2.24) is 14.8 Å². The monoisotopic (exact) mass is 409 g/mol. The highest BCUT2D eigenvalue weighted by Gasteiger charge is 2.16. The number of hydrogen-bond donors (Lipinski definition) is 2. The van der Waals surface area contributed by atoms with Crippen LogP contribution in [0.4, 0.5) is 5.69 Å². The first kappa shape index (κ1) is 20.3.